The summed E-state index contributed by atoms with van der Waals surface area (Å²) in [6.07, 6.45) is 2.59. The van der Waals surface area contributed by atoms with Crippen molar-refractivity contribution in [2.24, 2.45) is 0 Å². The van der Waals surface area contributed by atoms with Gasteiger partial charge in [-0.3, -0.25) is 14.7 Å². The van der Waals surface area contributed by atoms with Gasteiger partial charge in [0.2, 0.25) is 6.10 Å². The van der Waals surface area contributed by atoms with Crippen LogP contribution in [0.15, 0.2) is 54.9 Å². The molecule has 2 heterocycles. The number of H-pyrrole nitrogens is 1. The average Bonchev–Trinajstić information content (AvgIpc) is 3.28. The van der Waals surface area contributed by atoms with Crippen molar-refractivity contribution in [3.05, 3.63) is 60.4 Å². The molecule has 0 fully saturated rings. The second-order valence-electron chi connectivity index (χ2n) is 6.80. The first-order chi connectivity index (χ1) is 14.0. The summed E-state index contributed by atoms with van der Waals surface area (Å²) in [5.41, 5.74) is 2.44. The molecule has 0 radical (unpaired) electrons. The number of carbonyl (C=O) groups excluding carboxylic acids is 2. The molecule has 29 heavy (non-hydrogen) atoms. The second-order valence-corrected chi connectivity index (χ2v) is 6.80. The number of aromatic nitrogens is 2. The standard InChI is InChI=1S/C21H20N4O4/c1-25(2)21(27)15-9-13(14-10-22-23-11-14)7-8-16(15)24-20(26)19-12-28-17-5-3-4-6-18(17)29-19/h3-11,19H,12H2,1-2H3,(H,22,23)(H,24,26). The Balaban J connectivity index is 1.59. The van der Waals surface area contributed by atoms with Gasteiger partial charge in [0, 0.05) is 25.9 Å². The highest BCUT2D eigenvalue weighted by Gasteiger charge is 2.28. The van der Waals surface area contributed by atoms with Crippen molar-refractivity contribution in [3.63, 3.8) is 0 Å². The van der Waals surface area contributed by atoms with Gasteiger partial charge in [0.25, 0.3) is 11.8 Å². The van der Waals surface area contributed by atoms with Crippen LogP contribution in [-0.2, 0) is 4.79 Å². The summed E-state index contributed by atoms with van der Waals surface area (Å²) in [5, 5.41) is 9.49. The number of anilines is 1. The van der Waals surface area contributed by atoms with Gasteiger partial charge in [-0.15, -0.1) is 0 Å². The summed E-state index contributed by atoms with van der Waals surface area (Å²) in [7, 11) is 3.32. The maximum atomic E-state index is 12.8. The molecule has 8 nitrogen and oxygen atoms in total. The zero-order valence-corrected chi connectivity index (χ0v) is 16.0. The number of carbonyl (C=O) groups is 2. The van der Waals surface area contributed by atoms with Crippen LogP contribution in [0.4, 0.5) is 5.69 Å². The van der Waals surface area contributed by atoms with Crippen molar-refractivity contribution in [3.8, 4) is 22.6 Å². The van der Waals surface area contributed by atoms with Crippen molar-refractivity contribution < 1.29 is 19.1 Å². The minimum atomic E-state index is -0.819. The van der Waals surface area contributed by atoms with Crippen LogP contribution in [0.2, 0.25) is 0 Å². The highest BCUT2D eigenvalue weighted by atomic mass is 16.6. The van der Waals surface area contributed by atoms with Crippen molar-refractivity contribution in [2.45, 2.75) is 6.10 Å². The number of hydrogen-bond acceptors (Lipinski definition) is 5. The molecular formula is C21H20N4O4. The lowest BCUT2D eigenvalue weighted by Gasteiger charge is -2.26. The van der Waals surface area contributed by atoms with Crippen LogP contribution in [0.1, 0.15) is 10.4 Å². The first-order valence-electron chi connectivity index (χ1n) is 9.07. The third-order valence-corrected chi connectivity index (χ3v) is 4.55. The van der Waals surface area contributed by atoms with E-state index in [-0.39, 0.29) is 18.4 Å². The van der Waals surface area contributed by atoms with Gasteiger partial charge < -0.3 is 19.7 Å². The van der Waals surface area contributed by atoms with Gasteiger partial charge in [-0.2, -0.15) is 5.10 Å². The van der Waals surface area contributed by atoms with Crippen LogP contribution < -0.4 is 14.8 Å². The third-order valence-electron chi connectivity index (χ3n) is 4.55. The molecule has 0 bridgehead atoms. The molecule has 1 atom stereocenters. The zero-order valence-electron chi connectivity index (χ0n) is 16.0. The van der Waals surface area contributed by atoms with Crippen LogP contribution in [0.25, 0.3) is 11.1 Å². The number of aromatic amines is 1. The van der Waals surface area contributed by atoms with Crippen LogP contribution in [0.3, 0.4) is 0 Å². The number of nitrogens with zero attached hydrogens (tertiary/aromatic N) is 2. The fourth-order valence-electron chi connectivity index (χ4n) is 3.02. The van der Waals surface area contributed by atoms with Crippen molar-refractivity contribution in [1.29, 1.82) is 0 Å². The Hall–Kier alpha value is -3.81. The molecule has 8 heteroatoms. The Kier molecular flexibility index (Phi) is 4.90. The van der Waals surface area contributed by atoms with Crippen LogP contribution in [0, 0.1) is 0 Å². The molecule has 1 aromatic heterocycles. The molecule has 0 aliphatic carbocycles. The second kappa shape index (κ2) is 7.67. The van der Waals surface area contributed by atoms with Gasteiger partial charge in [-0.05, 0) is 29.8 Å². The quantitative estimate of drug-likeness (QED) is 0.711. The molecule has 1 aliphatic heterocycles. The monoisotopic (exact) mass is 392 g/mol. The molecule has 0 saturated carbocycles. The van der Waals surface area contributed by atoms with Crippen molar-refractivity contribution >= 4 is 17.5 Å². The molecule has 1 unspecified atom stereocenters. The maximum Gasteiger partial charge on any atom is 0.269 e. The summed E-state index contributed by atoms with van der Waals surface area (Å²) >= 11 is 0. The lowest BCUT2D eigenvalue weighted by atomic mass is 10.0. The summed E-state index contributed by atoms with van der Waals surface area (Å²) in [5.74, 6) is 0.503. The van der Waals surface area contributed by atoms with E-state index >= 15 is 0 Å². The largest absolute Gasteiger partial charge is 0.485 e. The highest BCUT2D eigenvalue weighted by molar-refractivity contribution is 6.05. The lowest BCUT2D eigenvalue weighted by molar-refractivity contribution is -0.125. The minimum absolute atomic E-state index is 0.0902. The maximum absolute atomic E-state index is 12.8. The number of benzene rings is 2. The van der Waals surface area contributed by atoms with Crippen molar-refractivity contribution in [2.75, 3.05) is 26.0 Å². The van der Waals surface area contributed by atoms with E-state index in [4.69, 9.17) is 9.47 Å². The summed E-state index contributed by atoms with van der Waals surface area (Å²) in [6.45, 7) is 0.0902. The van der Waals surface area contributed by atoms with Gasteiger partial charge in [-0.25, -0.2) is 0 Å². The molecule has 4 rings (SSSR count). The van der Waals surface area contributed by atoms with Crippen LogP contribution in [-0.4, -0.2) is 53.7 Å². The van der Waals surface area contributed by atoms with Gasteiger partial charge >= 0.3 is 0 Å². The highest BCUT2D eigenvalue weighted by Crippen LogP contribution is 2.31. The molecule has 148 valence electrons. The summed E-state index contributed by atoms with van der Waals surface area (Å²) in [6, 6.07) is 12.4. The van der Waals surface area contributed by atoms with Gasteiger partial charge in [0.1, 0.15) is 6.61 Å². The molecule has 2 amide bonds. The predicted molar refractivity (Wildman–Crippen MR) is 107 cm³/mol. The third kappa shape index (κ3) is 3.77. The predicted octanol–water partition coefficient (Wildman–Crippen LogP) is 2.56. The van der Waals surface area contributed by atoms with Crippen LogP contribution >= 0.6 is 0 Å². The van der Waals surface area contributed by atoms with Gasteiger partial charge in [0.15, 0.2) is 11.5 Å². The van der Waals surface area contributed by atoms with E-state index in [0.29, 0.717) is 22.7 Å². The summed E-state index contributed by atoms with van der Waals surface area (Å²) < 4.78 is 11.4. The normalized spacial score (nSPS) is 14.9. The number of hydrogen-bond donors (Lipinski definition) is 2. The van der Waals surface area contributed by atoms with E-state index in [1.54, 1.807) is 50.8 Å². The molecule has 1 aliphatic rings. The minimum Gasteiger partial charge on any atom is -0.485 e. The fourth-order valence-corrected chi connectivity index (χ4v) is 3.02. The van der Waals surface area contributed by atoms with Gasteiger partial charge in [0.05, 0.1) is 17.4 Å². The molecule has 0 saturated heterocycles. The Morgan fingerprint density at radius 1 is 1.14 bits per heavy atom. The Bertz CT molecular complexity index is 1050. The van der Waals surface area contributed by atoms with E-state index in [9.17, 15) is 9.59 Å². The smallest absolute Gasteiger partial charge is 0.269 e. The number of fused-ring (bicyclic) bond motifs is 1. The summed E-state index contributed by atoms with van der Waals surface area (Å²) in [4.78, 5) is 26.9. The molecule has 2 aromatic carbocycles. The first-order valence-corrected chi connectivity index (χ1v) is 9.07. The zero-order chi connectivity index (χ0) is 20.4. The number of rotatable bonds is 4. The first kappa shape index (κ1) is 18.5. The molecular weight excluding hydrogens is 372 g/mol. The Morgan fingerprint density at radius 2 is 1.93 bits per heavy atom. The lowest BCUT2D eigenvalue weighted by Crippen LogP contribution is -2.40. The van der Waals surface area contributed by atoms with E-state index in [0.717, 1.165) is 11.1 Å². The number of amides is 2. The van der Waals surface area contributed by atoms with Gasteiger partial charge in [-0.1, -0.05) is 18.2 Å². The topological polar surface area (TPSA) is 96.6 Å². The Labute approximate surface area is 167 Å². The molecule has 2 N–H and O–H groups in total. The van der Waals surface area contributed by atoms with E-state index in [1.165, 1.54) is 4.90 Å². The fraction of sp³-hybridized carbons (Fsp3) is 0.190. The SMILES string of the molecule is CN(C)C(=O)c1cc(-c2cn[nH]c2)ccc1NC(=O)C1COc2ccccc2O1. The number of ether oxygens (including phenoxy) is 2. The van der Waals surface area contributed by atoms with Crippen molar-refractivity contribution in [1.82, 2.24) is 15.1 Å². The molecule has 3 aromatic rings. The molecule has 0 spiro atoms. The van der Waals surface area contributed by atoms with E-state index < -0.39 is 6.10 Å². The average molecular weight is 392 g/mol. The van der Waals surface area contributed by atoms with E-state index in [1.807, 2.05) is 18.2 Å². The van der Waals surface area contributed by atoms with Crippen LogP contribution in [0.5, 0.6) is 11.5 Å². The van der Waals surface area contributed by atoms with E-state index in [2.05, 4.69) is 15.5 Å². The Morgan fingerprint density at radius 3 is 2.66 bits per heavy atom. The number of para-hydroxylation sites is 2. The number of nitrogens with one attached hydrogen (secondary N) is 2.